The highest BCUT2D eigenvalue weighted by molar-refractivity contribution is 5.92. The van der Waals surface area contributed by atoms with E-state index in [2.05, 4.69) is 68.8 Å². The molecule has 0 saturated heterocycles. The molecule has 0 saturated carbocycles. The first-order chi connectivity index (χ1) is 17.4. The average Bonchev–Trinajstić information content (AvgIpc) is 3.34. The van der Waals surface area contributed by atoms with E-state index < -0.39 is 0 Å². The summed E-state index contributed by atoms with van der Waals surface area (Å²) in [5.74, 6) is 3.73. The van der Waals surface area contributed by atoms with E-state index in [4.69, 9.17) is 13.9 Å². The third-order valence-corrected chi connectivity index (χ3v) is 6.02. The molecule has 8 nitrogen and oxygen atoms in total. The Morgan fingerprint density at radius 3 is 2.22 bits per heavy atom. The molecule has 3 aromatic carbocycles. The Kier molecular flexibility index (Phi) is 6.25. The lowest BCUT2D eigenvalue weighted by molar-refractivity contribution is 0.356. The van der Waals surface area contributed by atoms with Gasteiger partial charge in [0, 0.05) is 30.0 Å². The van der Waals surface area contributed by atoms with Gasteiger partial charge >= 0.3 is 0 Å². The van der Waals surface area contributed by atoms with E-state index in [0.717, 1.165) is 39.0 Å². The number of methoxy groups -OCH3 is 2. The summed E-state index contributed by atoms with van der Waals surface area (Å²) in [7, 11) is 3.24. The summed E-state index contributed by atoms with van der Waals surface area (Å²) in [6.45, 7) is 5.78. The zero-order valence-corrected chi connectivity index (χ0v) is 20.9. The Morgan fingerprint density at radius 2 is 1.50 bits per heavy atom. The number of aryl methyl sites for hydroxylation is 2. The molecule has 0 radical (unpaired) electrons. The summed E-state index contributed by atoms with van der Waals surface area (Å²) in [6, 6.07) is 20.3. The van der Waals surface area contributed by atoms with E-state index in [1.807, 2.05) is 31.2 Å². The van der Waals surface area contributed by atoms with Gasteiger partial charge in [-0.3, -0.25) is 0 Å². The molecule has 0 aliphatic carbocycles. The minimum absolute atomic E-state index is 0.0164. The lowest BCUT2D eigenvalue weighted by Gasteiger charge is -2.18. The average molecular weight is 482 g/mol. The fourth-order valence-electron chi connectivity index (χ4n) is 4.20. The predicted molar refractivity (Wildman–Crippen MR) is 139 cm³/mol. The molecule has 36 heavy (non-hydrogen) atoms. The van der Waals surface area contributed by atoms with Gasteiger partial charge < -0.3 is 19.2 Å². The molecule has 1 atom stereocenters. The zero-order chi connectivity index (χ0) is 25.2. The third-order valence-electron chi connectivity index (χ3n) is 6.02. The monoisotopic (exact) mass is 481 g/mol. The van der Waals surface area contributed by atoms with Gasteiger partial charge in [0.05, 0.1) is 19.7 Å². The summed E-state index contributed by atoms with van der Waals surface area (Å²) in [4.78, 5) is 9.27. The Labute approximate surface area is 209 Å². The van der Waals surface area contributed by atoms with Crippen LogP contribution < -0.4 is 14.8 Å². The van der Waals surface area contributed by atoms with E-state index >= 15 is 0 Å². The molecule has 0 aliphatic rings. The smallest absolute Gasteiger partial charge is 0.247 e. The minimum atomic E-state index is -0.0164. The molecule has 2 aromatic heterocycles. The number of rotatable bonds is 7. The molecule has 182 valence electrons. The van der Waals surface area contributed by atoms with E-state index in [1.165, 1.54) is 0 Å². The molecule has 0 amide bonds. The van der Waals surface area contributed by atoms with E-state index in [1.54, 1.807) is 21.1 Å². The second-order valence-electron chi connectivity index (χ2n) is 8.54. The number of aromatic nitrogens is 4. The molecule has 0 fully saturated rings. The first-order valence-electron chi connectivity index (χ1n) is 11.6. The molecular formula is C28H27N5O3. The van der Waals surface area contributed by atoms with Crippen LogP contribution in [0, 0.1) is 13.8 Å². The van der Waals surface area contributed by atoms with Gasteiger partial charge in [-0.25, -0.2) is 9.97 Å². The number of anilines is 1. The highest BCUT2D eigenvalue weighted by Crippen LogP contribution is 2.35. The Balaban J connectivity index is 1.46. The van der Waals surface area contributed by atoms with Gasteiger partial charge in [-0.15, -0.1) is 10.2 Å². The third kappa shape index (κ3) is 4.57. The molecule has 2 heterocycles. The van der Waals surface area contributed by atoms with Crippen LogP contribution in [0.1, 0.15) is 30.2 Å². The van der Waals surface area contributed by atoms with Crippen molar-refractivity contribution in [1.29, 1.82) is 0 Å². The van der Waals surface area contributed by atoms with Crippen LogP contribution in [0.2, 0.25) is 0 Å². The largest absolute Gasteiger partial charge is 0.493 e. The highest BCUT2D eigenvalue weighted by Gasteiger charge is 2.15. The first-order valence-corrected chi connectivity index (χ1v) is 11.6. The first kappa shape index (κ1) is 23.3. The van der Waals surface area contributed by atoms with Crippen molar-refractivity contribution < 1.29 is 13.9 Å². The van der Waals surface area contributed by atoms with Crippen molar-refractivity contribution in [3.63, 3.8) is 0 Å². The van der Waals surface area contributed by atoms with Crippen LogP contribution in [0.25, 0.3) is 33.5 Å². The second-order valence-corrected chi connectivity index (χ2v) is 8.54. The molecule has 0 aliphatic heterocycles. The van der Waals surface area contributed by atoms with Gasteiger partial charge in [0.1, 0.15) is 11.6 Å². The normalized spacial score (nSPS) is 11.9. The fraction of sp³-hybridized carbons (Fsp3) is 0.214. The summed E-state index contributed by atoms with van der Waals surface area (Å²) >= 11 is 0. The van der Waals surface area contributed by atoms with Crippen molar-refractivity contribution in [2.75, 3.05) is 19.5 Å². The van der Waals surface area contributed by atoms with Gasteiger partial charge in [-0.05, 0) is 54.8 Å². The Bertz CT molecular complexity index is 1550. The van der Waals surface area contributed by atoms with Gasteiger partial charge in [-0.1, -0.05) is 30.3 Å². The fourth-order valence-corrected chi connectivity index (χ4v) is 4.20. The van der Waals surface area contributed by atoms with E-state index in [0.29, 0.717) is 29.1 Å². The van der Waals surface area contributed by atoms with Crippen LogP contribution in [-0.4, -0.2) is 34.4 Å². The number of hydrogen-bond acceptors (Lipinski definition) is 8. The maximum atomic E-state index is 5.60. The number of nitrogens with one attached hydrogen (secondary N) is 1. The molecule has 5 aromatic rings. The van der Waals surface area contributed by atoms with Gasteiger partial charge in [0.15, 0.2) is 11.5 Å². The van der Waals surface area contributed by atoms with Crippen molar-refractivity contribution in [3.05, 3.63) is 77.9 Å². The molecule has 1 N–H and O–H groups in total. The van der Waals surface area contributed by atoms with E-state index in [9.17, 15) is 0 Å². The summed E-state index contributed by atoms with van der Waals surface area (Å²) in [6.07, 6.45) is 0. The Morgan fingerprint density at radius 1 is 0.806 bits per heavy atom. The minimum Gasteiger partial charge on any atom is -0.493 e. The van der Waals surface area contributed by atoms with Crippen LogP contribution in [0.15, 0.2) is 65.1 Å². The molecule has 5 rings (SSSR count). The second kappa shape index (κ2) is 9.65. The van der Waals surface area contributed by atoms with Crippen molar-refractivity contribution in [3.8, 4) is 34.1 Å². The van der Waals surface area contributed by atoms with E-state index in [-0.39, 0.29) is 6.04 Å². The van der Waals surface area contributed by atoms with Crippen molar-refractivity contribution >= 4 is 16.7 Å². The number of fused-ring (bicyclic) bond motifs is 1. The lowest BCUT2D eigenvalue weighted by Crippen LogP contribution is -2.10. The van der Waals surface area contributed by atoms with Crippen molar-refractivity contribution in [2.24, 2.45) is 0 Å². The maximum Gasteiger partial charge on any atom is 0.247 e. The number of hydrogen-bond donors (Lipinski definition) is 1. The molecule has 0 spiro atoms. The SMILES string of the molecule is COc1cc2nc(C)nc(N[C@H](C)c3cccc(-c4cccc(-c5nnc(C)o5)c4)c3)c2cc1OC. The number of ether oxygens (including phenoxy) is 2. The van der Waals surface area contributed by atoms with Crippen molar-refractivity contribution in [2.45, 2.75) is 26.8 Å². The van der Waals surface area contributed by atoms with Gasteiger partial charge in [0.25, 0.3) is 0 Å². The molecule has 8 heteroatoms. The standard InChI is InChI=1S/C28H27N5O3/c1-16(29-27-23-14-25(34-4)26(35-5)15-24(23)30-17(2)31-27)19-8-6-9-20(12-19)21-10-7-11-22(13-21)28-33-32-18(3)36-28/h6-16H,1-5H3,(H,29,30,31)/t16-/m1/s1. The van der Waals surface area contributed by atoms with Crippen LogP contribution in [0.4, 0.5) is 5.82 Å². The van der Waals surface area contributed by atoms with Crippen molar-refractivity contribution in [1.82, 2.24) is 20.2 Å². The molecular weight excluding hydrogens is 454 g/mol. The van der Waals surface area contributed by atoms with Gasteiger partial charge in [-0.2, -0.15) is 0 Å². The van der Waals surface area contributed by atoms with Gasteiger partial charge in [0.2, 0.25) is 11.8 Å². The molecule has 0 unspecified atom stereocenters. The topological polar surface area (TPSA) is 95.2 Å². The lowest BCUT2D eigenvalue weighted by atomic mass is 9.98. The van der Waals surface area contributed by atoms with Crippen LogP contribution >= 0.6 is 0 Å². The summed E-state index contributed by atoms with van der Waals surface area (Å²) in [5, 5.41) is 12.5. The van der Waals surface area contributed by atoms with Crippen LogP contribution in [0.3, 0.4) is 0 Å². The summed E-state index contributed by atoms with van der Waals surface area (Å²) in [5.41, 5.74) is 4.96. The number of nitrogens with zero attached hydrogens (tertiary/aromatic N) is 4. The van der Waals surface area contributed by atoms with Crippen LogP contribution in [-0.2, 0) is 0 Å². The maximum absolute atomic E-state index is 5.60. The number of benzene rings is 3. The van der Waals surface area contributed by atoms with Crippen LogP contribution in [0.5, 0.6) is 11.5 Å². The zero-order valence-electron chi connectivity index (χ0n) is 20.9. The Hall–Kier alpha value is -4.46. The molecule has 0 bridgehead atoms. The quantitative estimate of drug-likeness (QED) is 0.296. The predicted octanol–water partition coefficient (Wildman–Crippen LogP) is 6.15. The summed E-state index contributed by atoms with van der Waals surface area (Å²) < 4.78 is 16.6. The highest BCUT2D eigenvalue weighted by atomic mass is 16.5.